The summed E-state index contributed by atoms with van der Waals surface area (Å²) in [5.74, 6) is -8.39. The molecule has 36 nitrogen and oxygen atoms in total. The van der Waals surface area contributed by atoms with Crippen LogP contribution >= 0.6 is 0 Å². The minimum Gasteiger partial charge on any atom is -0.459 e. The lowest BCUT2D eigenvalue weighted by Gasteiger charge is -2.50. The van der Waals surface area contributed by atoms with Gasteiger partial charge in [0.2, 0.25) is 11.8 Å². The van der Waals surface area contributed by atoms with Crippen LogP contribution in [0.5, 0.6) is 0 Å². The molecule has 36 atom stereocenters. The second-order valence-electron chi connectivity index (χ2n) is 39.0. The van der Waals surface area contributed by atoms with Crippen molar-refractivity contribution in [3.05, 3.63) is 0 Å². The first-order chi connectivity index (χ1) is 60.7. The molecule has 130 heavy (non-hydrogen) atoms. The first-order valence-corrected chi connectivity index (χ1v) is 47.7. The topological polar surface area (TPSA) is 458 Å². The minimum absolute atomic E-state index is 0.0522. The molecule has 756 valence electrons. The fraction of sp³-hybridized carbons (Fsp3) is 0.926. The molecule has 2 amide bonds. The van der Waals surface area contributed by atoms with Crippen LogP contribution in [0, 0.1) is 46.8 Å². The first kappa shape index (κ1) is 116. The first-order valence-electron chi connectivity index (χ1n) is 47.7. The number of cyclic esters (lactones) is 2. The van der Waals surface area contributed by atoms with Crippen LogP contribution in [0.25, 0.3) is 0 Å². The van der Waals surface area contributed by atoms with Crippen molar-refractivity contribution in [2.75, 3.05) is 101 Å². The van der Waals surface area contributed by atoms with Gasteiger partial charge in [0.15, 0.2) is 37.4 Å². The van der Waals surface area contributed by atoms with E-state index < -0.39 is 228 Å². The summed E-state index contributed by atoms with van der Waals surface area (Å²) in [5, 5.41) is 85.5. The van der Waals surface area contributed by atoms with Crippen molar-refractivity contribution in [2.45, 2.75) is 424 Å². The average molecular weight is 1860 g/mol. The lowest BCUT2D eigenvalue weighted by molar-refractivity contribution is -0.320. The van der Waals surface area contributed by atoms with Crippen molar-refractivity contribution >= 4 is 35.7 Å². The van der Waals surface area contributed by atoms with Crippen LogP contribution in [-0.4, -0.2) is 368 Å². The summed E-state index contributed by atoms with van der Waals surface area (Å²) in [6.07, 6.45) is -17.4. The number of nitrogens with one attached hydrogen (secondary N) is 2. The smallest absolute Gasteiger partial charge is 0.311 e. The number of ether oxygens (including phenoxy) is 16. The number of likely N-dealkylation sites (N-methyl/N-ethyl adjacent to an activating group) is 2. The van der Waals surface area contributed by atoms with Crippen molar-refractivity contribution in [2.24, 2.45) is 41.2 Å². The highest BCUT2D eigenvalue weighted by atomic mass is 16.7. The Kier molecular flexibility index (Phi) is 46.1. The van der Waals surface area contributed by atoms with E-state index in [4.69, 9.17) is 81.5 Å². The van der Waals surface area contributed by atoms with E-state index in [1.165, 1.54) is 42.3 Å². The Morgan fingerprint density at radius 1 is 0.492 bits per heavy atom. The number of hydrogen-bond donors (Lipinski definition) is 9. The summed E-state index contributed by atoms with van der Waals surface area (Å²) >= 11 is 0. The van der Waals surface area contributed by atoms with Crippen molar-refractivity contribution in [3.8, 4) is 6.07 Å². The van der Waals surface area contributed by atoms with Crippen LogP contribution in [0.4, 0.5) is 0 Å². The quantitative estimate of drug-likeness (QED) is 0.0267. The largest absolute Gasteiger partial charge is 0.459 e. The van der Waals surface area contributed by atoms with Gasteiger partial charge in [-0.15, -0.1) is 0 Å². The molecule has 0 bridgehead atoms. The fourth-order valence-electron chi connectivity index (χ4n) is 20.0. The number of nitriles is 1. The molecule has 0 radical (unpaired) electrons. The van der Waals surface area contributed by atoms with Crippen LogP contribution in [0.1, 0.15) is 243 Å². The van der Waals surface area contributed by atoms with Gasteiger partial charge < -0.3 is 137 Å². The van der Waals surface area contributed by atoms with Gasteiger partial charge in [0.25, 0.3) is 0 Å². The van der Waals surface area contributed by atoms with Gasteiger partial charge in [-0.05, 0) is 195 Å². The normalized spacial score (nSPS) is 41.6. The Bertz CT molecular complexity index is 3490. The molecule has 0 saturated carbocycles. The van der Waals surface area contributed by atoms with E-state index in [-0.39, 0.29) is 82.0 Å². The van der Waals surface area contributed by atoms with Crippen molar-refractivity contribution in [1.82, 2.24) is 30.2 Å². The Labute approximate surface area is 775 Å². The zero-order valence-electron chi connectivity index (χ0n) is 84.1. The number of nitrogens with two attached hydrogens (primary N) is 1. The van der Waals surface area contributed by atoms with Gasteiger partial charge in [-0.2, -0.15) is 5.26 Å². The summed E-state index contributed by atoms with van der Waals surface area (Å²) in [7, 11) is 9.82. The van der Waals surface area contributed by atoms with Crippen molar-refractivity contribution in [1.29, 1.82) is 5.26 Å². The lowest BCUT2D eigenvalue weighted by atomic mass is 9.77. The molecule has 6 aliphatic rings. The molecule has 6 heterocycles. The van der Waals surface area contributed by atoms with Gasteiger partial charge in [-0.25, -0.2) is 0 Å². The number of aliphatic hydroxyl groups excluding tert-OH is 4. The van der Waals surface area contributed by atoms with Crippen molar-refractivity contribution < 1.29 is 135 Å². The van der Waals surface area contributed by atoms with Crippen LogP contribution in [-0.2, 0) is 105 Å². The number of esters is 4. The molecular weight excluding hydrogens is 1690 g/mol. The standard InChI is InChI=1S/C47H88N4O14.C47H84N4O14/c2*1-16-34-47(12,57)39(54)31(8)49-42(55)27(4)25-45(10,58-14)40(65-44-37(53)33(24-28(5)60-44)50(13)22-19-21-48)29(6)38(30(7)43(56)62-34)64-36-26-46(11,59-15)41(32(9)61-36)63-35(52)20-23-51(17-2)18-3/h27-34,36-41,44,53-54,57H,16-26,48H2,1-15H3,(H,49,55);27-34,36-41,44,53-54,57H,16-20,22-26H2,1-15H3,(H,49,55)/t2*27-,28-,29+,30-,31-,32+,33+,34-,36+,37-,38+,39+,40-,41+,44+,45-,46-,47-/m11/s1. The third kappa shape index (κ3) is 29.7. The highest BCUT2D eigenvalue weighted by molar-refractivity contribution is 5.79. The summed E-state index contributed by atoms with van der Waals surface area (Å²) in [4.78, 5) is 91.6. The van der Waals surface area contributed by atoms with Crippen LogP contribution in [0.2, 0.25) is 0 Å². The van der Waals surface area contributed by atoms with Gasteiger partial charge in [-0.1, -0.05) is 69.2 Å². The van der Waals surface area contributed by atoms with E-state index in [0.29, 0.717) is 45.6 Å². The maximum absolute atomic E-state index is 14.6. The predicted octanol–water partition coefficient (Wildman–Crippen LogP) is 6.05. The van der Waals surface area contributed by atoms with Gasteiger partial charge in [0.1, 0.15) is 59.0 Å². The van der Waals surface area contributed by atoms with Crippen LogP contribution < -0.4 is 16.4 Å². The highest BCUT2D eigenvalue weighted by Crippen LogP contribution is 2.46. The number of carbonyl (C=O) groups is 6. The summed E-state index contributed by atoms with van der Waals surface area (Å²) < 4.78 is 103. The molecule has 0 unspecified atom stereocenters. The molecule has 6 aliphatic heterocycles. The molecule has 6 rings (SSSR count). The second-order valence-corrected chi connectivity index (χ2v) is 39.0. The minimum atomic E-state index is -1.99. The third-order valence-electron chi connectivity index (χ3n) is 28.9. The zero-order valence-corrected chi connectivity index (χ0v) is 84.1. The maximum atomic E-state index is 14.6. The average Bonchev–Trinajstić information content (AvgIpc) is 1.04. The number of methoxy groups -OCH3 is 4. The Morgan fingerprint density at radius 2 is 0.823 bits per heavy atom. The van der Waals surface area contributed by atoms with Gasteiger partial charge >= 0.3 is 23.9 Å². The monoisotopic (exact) mass is 1860 g/mol. The molecule has 6 fully saturated rings. The summed E-state index contributed by atoms with van der Waals surface area (Å²) in [5.41, 5.74) is -2.95. The molecule has 0 aromatic rings. The molecule has 0 aliphatic carbocycles. The molecule has 6 saturated heterocycles. The molecule has 0 aromatic heterocycles. The van der Waals surface area contributed by atoms with Gasteiger partial charge in [0.05, 0.1) is 103 Å². The molecule has 0 spiro atoms. The number of amides is 2. The van der Waals surface area contributed by atoms with E-state index >= 15 is 0 Å². The summed E-state index contributed by atoms with van der Waals surface area (Å²) in [6, 6.07) is -0.533. The van der Waals surface area contributed by atoms with E-state index in [1.807, 2.05) is 88.2 Å². The number of nitrogens with zero attached hydrogens (tertiary/aromatic N) is 5. The summed E-state index contributed by atoms with van der Waals surface area (Å²) in [6.45, 7) is 48.2. The predicted molar refractivity (Wildman–Crippen MR) is 483 cm³/mol. The van der Waals surface area contributed by atoms with Crippen molar-refractivity contribution in [3.63, 3.8) is 0 Å². The molecule has 0 aromatic carbocycles. The van der Waals surface area contributed by atoms with Crippen LogP contribution in [0.3, 0.4) is 0 Å². The number of hydrogen-bond acceptors (Lipinski definition) is 34. The maximum Gasteiger partial charge on any atom is 0.311 e. The van der Waals surface area contributed by atoms with Gasteiger partial charge in [0, 0.05) is 103 Å². The molecule has 36 heteroatoms. The van der Waals surface area contributed by atoms with Gasteiger partial charge in [-0.3, -0.25) is 33.7 Å². The zero-order chi connectivity index (χ0) is 98.4. The second kappa shape index (κ2) is 51.7. The number of carbonyl (C=O) groups excluding carboxylic acids is 6. The van der Waals surface area contributed by atoms with E-state index in [1.54, 1.807) is 83.1 Å². The number of aliphatic hydroxyl groups is 6. The Hall–Kier alpha value is -4.61. The molecular formula is C94H172N8O28. The SMILES string of the molecule is CC[C@H]1OC(=O)[C@H](C)[C@@H](O[C@H]2C[C@@](C)(OC)[C@@H](OC(=O)CCN(CC)CC)[C@H](C)O2)[C@H](C)[C@@H](O[C@@H]2O[C@H](C)C[C@H](N(C)CCC#N)[C@H]2O)[C@](C)(OC)C[C@@H](C)C(=O)N[C@H](C)[C@H](O)[C@]1(C)O.CC[C@H]1OC(=O)[C@H](C)[C@@H](O[C@H]2C[C@@](C)(OC)[C@@H](OC(=O)CCN(CC)CC)[C@H](C)O2)[C@H](C)[C@@H](O[C@@H]2O[C@H](C)C[C@H](N(C)CCCN)[C@H]2O)[C@](C)(OC)C[C@@H](C)C(=O)N[C@H](C)[C@H](O)[C@]1(C)O. The van der Waals surface area contributed by atoms with E-state index in [2.05, 4.69) is 31.4 Å². The van der Waals surface area contributed by atoms with E-state index in [0.717, 1.165) is 32.6 Å². The fourth-order valence-corrected chi connectivity index (χ4v) is 20.0. The highest BCUT2D eigenvalue weighted by Gasteiger charge is 2.59. The Morgan fingerprint density at radius 3 is 1.13 bits per heavy atom. The number of rotatable bonds is 33. The van der Waals surface area contributed by atoms with E-state index in [9.17, 15) is 64.7 Å². The van der Waals surface area contributed by atoms with Crippen LogP contribution in [0.15, 0.2) is 0 Å². The third-order valence-corrected chi connectivity index (χ3v) is 28.9. The lowest BCUT2D eigenvalue weighted by Crippen LogP contribution is -2.61. The Balaban J connectivity index is 0.000000460. The molecule has 10 N–H and O–H groups in total.